The molecular weight excluding hydrogens is 542 g/mol. The van der Waals surface area contributed by atoms with Gasteiger partial charge in [-0.05, 0) is 66.1 Å². The van der Waals surface area contributed by atoms with E-state index in [9.17, 15) is 18.3 Å². The average Bonchev–Trinajstić information content (AvgIpc) is 2.84. The molecule has 0 unspecified atom stereocenters. The largest absolute Gasteiger partial charge is 0.497 e. The number of methoxy groups -OCH3 is 1. The van der Waals surface area contributed by atoms with Crippen molar-refractivity contribution in [3.05, 3.63) is 105 Å². The average molecular weight is 563 g/mol. The summed E-state index contributed by atoms with van der Waals surface area (Å²) < 4.78 is 35.4. The molecule has 0 saturated heterocycles. The summed E-state index contributed by atoms with van der Waals surface area (Å²) in [6, 6.07) is 18.3. The number of ether oxygens (including phenoxy) is 1. The minimum Gasteiger partial charge on any atom is -0.497 e. The third-order valence-corrected chi connectivity index (χ3v) is 8.41. The second kappa shape index (κ2) is 9.92. The number of hydrogen-bond acceptors (Lipinski definition) is 4. The quantitative estimate of drug-likeness (QED) is 0.398. The van der Waals surface area contributed by atoms with E-state index in [0.717, 1.165) is 10.0 Å². The van der Waals surface area contributed by atoms with Crippen molar-refractivity contribution in [2.75, 3.05) is 7.11 Å². The fourth-order valence-electron chi connectivity index (χ4n) is 4.09. The lowest BCUT2D eigenvalue weighted by atomic mass is 9.89. The van der Waals surface area contributed by atoms with Crippen molar-refractivity contribution >= 4 is 43.5 Å². The lowest BCUT2D eigenvalue weighted by Gasteiger charge is -2.40. The molecule has 176 valence electrons. The first-order valence-electron chi connectivity index (χ1n) is 10.3. The van der Waals surface area contributed by atoms with Gasteiger partial charge < -0.3 is 9.84 Å². The van der Waals surface area contributed by atoms with Crippen LogP contribution in [0.15, 0.2) is 93.8 Å². The molecule has 1 aliphatic rings. The first-order chi connectivity index (χ1) is 16.2. The molecule has 1 heterocycles. The predicted octanol–water partition coefficient (Wildman–Crippen LogP) is 6.00. The van der Waals surface area contributed by atoms with Gasteiger partial charge in [0, 0.05) is 9.50 Å². The van der Waals surface area contributed by atoms with Crippen molar-refractivity contribution in [3.63, 3.8) is 0 Å². The third kappa shape index (κ3) is 4.77. The van der Waals surface area contributed by atoms with Gasteiger partial charge >= 0.3 is 5.97 Å². The maximum Gasteiger partial charge on any atom is 0.333 e. The van der Waals surface area contributed by atoms with Crippen LogP contribution in [-0.2, 0) is 14.8 Å². The Bertz CT molecular complexity index is 1320. The van der Waals surface area contributed by atoms with Gasteiger partial charge in [0.05, 0.1) is 29.7 Å². The molecular formula is C25H21BrClNO5S. The smallest absolute Gasteiger partial charge is 0.333 e. The Balaban J connectivity index is 1.94. The Morgan fingerprint density at radius 2 is 1.59 bits per heavy atom. The summed E-state index contributed by atoms with van der Waals surface area (Å²) in [5.74, 6) is -0.532. The van der Waals surface area contributed by atoms with Gasteiger partial charge in [-0.25, -0.2) is 13.2 Å². The van der Waals surface area contributed by atoms with Crippen LogP contribution >= 0.6 is 27.5 Å². The first-order valence-corrected chi connectivity index (χ1v) is 13.0. The standard InChI is InChI=1S/C25H21BrClNO5S/c1-33-20-10-4-16(5-11-20)23-15-14-22(25(29)30)24(17-2-6-18(26)7-3-17)28(23)34(31,32)21-12-8-19(27)9-13-21/h2-14,23-24H,15H2,1H3,(H,29,30)/t23-,24-/m0/s1. The highest BCUT2D eigenvalue weighted by Crippen LogP contribution is 2.46. The zero-order valence-electron chi connectivity index (χ0n) is 18.1. The van der Waals surface area contributed by atoms with E-state index < -0.39 is 28.1 Å². The van der Waals surface area contributed by atoms with Gasteiger partial charge in [-0.15, -0.1) is 0 Å². The van der Waals surface area contributed by atoms with Crippen molar-refractivity contribution < 1.29 is 23.1 Å². The van der Waals surface area contributed by atoms with Crippen LogP contribution in [0.5, 0.6) is 5.75 Å². The van der Waals surface area contributed by atoms with Crippen LogP contribution in [0.1, 0.15) is 29.6 Å². The molecule has 0 amide bonds. The lowest BCUT2D eigenvalue weighted by molar-refractivity contribution is -0.133. The van der Waals surface area contributed by atoms with Crippen LogP contribution in [0.3, 0.4) is 0 Å². The summed E-state index contributed by atoms with van der Waals surface area (Å²) in [6.45, 7) is 0. The van der Waals surface area contributed by atoms with Crippen LogP contribution in [0.4, 0.5) is 0 Å². The molecule has 0 radical (unpaired) electrons. The van der Waals surface area contributed by atoms with E-state index in [0.29, 0.717) is 16.3 Å². The maximum atomic E-state index is 14.1. The second-order valence-corrected chi connectivity index (χ2v) is 10.9. The minimum atomic E-state index is -4.14. The highest BCUT2D eigenvalue weighted by Gasteiger charge is 2.44. The molecule has 4 rings (SSSR count). The van der Waals surface area contributed by atoms with Gasteiger partial charge in [0.1, 0.15) is 5.75 Å². The van der Waals surface area contributed by atoms with E-state index in [2.05, 4.69) is 15.9 Å². The predicted molar refractivity (Wildman–Crippen MR) is 133 cm³/mol. The minimum absolute atomic E-state index is 0.00428. The number of carbonyl (C=O) groups is 1. The Morgan fingerprint density at radius 3 is 2.15 bits per heavy atom. The summed E-state index contributed by atoms with van der Waals surface area (Å²) in [5, 5.41) is 10.4. The number of sulfonamides is 1. The van der Waals surface area contributed by atoms with Crippen LogP contribution in [-0.4, -0.2) is 30.9 Å². The Kier molecular flexibility index (Phi) is 7.14. The van der Waals surface area contributed by atoms with E-state index in [1.807, 2.05) is 0 Å². The van der Waals surface area contributed by atoms with E-state index in [1.54, 1.807) is 61.7 Å². The van der Waals surface area contributed by atoms with Gasteiger partial charge in [0.15, 0.2) is 0 Å². The molecule has 6 nitrogen and oxygen atoms in total. The molecule has 0 fully saturated rings. The first kappa shape index (κ1) is 24.5. The van der Waals surface area contributed by atoms with Gasteiger partial charge in [0.25, 0.3) is 0 Å². The second-order valence-electron chi connectivity index (χ2n) is 7.73. The van der Waals surface area contributed by atoms with Gasteiger partial charge in [-0.1, -0.05) is 57.9 Å². The maximum absolute atomic E-state index is 14.1. The number of carboxylic acids is 1. The summed E-state index contributed by atoms with van der Waals surface area (Å²) in [4.78, 5) is 12.3. The summed E-state index contributed by atoms with van der Waals surface area (Å²) in [5.41, 5.74) is 1.28. The fraction of sp³-hybridized carbons (Fsp3) is 0.160. The zero-order valence-corrected chi connectivity index (χ0v) is 21.2. The van der Waals surface area contributed by atoms with Gasteiger partial charge in [-0.3, -0.25) is 0 Å². The molecule has 0 aliphatic carbocycles. The molecule has 3 aromatic rings. The Hall–Kier alpha value is -2.65. The monoisotopic (exact) mass is 561 g/mol. The molecule has 0 saturated carbocycles. The molecule has 0 aromatic heterocycles. The summed E-state index contributed by atoms with van der Waals surface area (Å²) in [7, 11) is -2.58. The number of carboxylic acid groups (broad SMARTS) is 1. The molecule has 1 N–H and O–H groups in total. The number of halogens is 2. The van der Waals surface area contributed by atoms with Gasteiger partial charge in [0.2, 0.25) is 10.0 Å². The third-order valence-electron chi connectivity index (χ3n) is 5.74. The number of rotatable bonds is 6. The number of nitrogens with zero attached hydrogens (tertiary/aromatic N) is 1. The molecule has 0 bridgehead atoms. The molecule has 2 atom stereocenters. The van der Waals surface area contributed by atoms with Crippen LogP contribution in [0.2, 0.25) is 5.02 Å². The highest BCUT2D eigenvalue weighted by atomic mass is 79.9. The summed E-state index contributed by atoms with van der Waals surface area (Å²) >= 11 is 9.38. The van der Waals surface area contributed by atoms with Crippen LogP contribution < -0.4 is 4.74 Å². The van der Waals surface area contributed by atoms with Gasteiger partial charge in [-0.2, -0.15) is 4.31 Å². The number of benzene rings is 3. The fourth-order valence-corrected chi connectivity index (χ4v) is 6.26. The van der Waals surface area contributed by atoms with Crippen molar-refractivity contribution in [1.82, 2.24) is 4.31 Å². The van der Waals surface area contributed by atoms with Crippen molar-refractivity contribution in [3.8, 4) is 5.75 Å². The van der Waals surface area contributed by atoms with Crippen molar-refractivity contribution in [2.24, 2.45) is 0 Å². The van der Waals surface area contributed by atoms with E-state index in [1.165, 1.54) is 28.6 Å². The summed E-state index contributed by atoms with van der Waals surface area (Å²) in [6.07, 6.45) is 1.81. The SMILES string of the molecule is COc1ccc([C@@H]2CC=C(C(=O)O)[C@H](c3ccc(Br)cc3)N2S(=O)(=O)c2ccc(Cl)cc2)cc1. The number of aliphatic carboxylic acids is 1. The topological polar surface area (TPSA) is 83.9 Å². The lowest BCUT2D eigenvalue weighted by Crippen LogP contribution is -2.42. The normalized spacial score (nSPS) is 18.9. The molecule has 0 spiro atoms. The van der Waals surface area contributed by atoms with Crippen LogP contribution in [0, 0.1) is 0 Å². The zero-order chi connectivity index (χ0) is 24.5. The molecule has 9 heteroatoms. The Morgan fingerprint density at radius 1 is 1.00 bits per heavy atom. The van der Waals surface area contributed by atoms with Crippen LogP contribution in [0.25, 0.3) is 0 Å². The molecule has 3 aromatic carbocycles. The van der Waals surface area contributed by atoms with Crippen molar-refractivity contribution in [1.29, 1.82) is 0 Å². The van der Waals surface area contributed by atoms with E-state index in [-0.39, 0.29) is 16.9 Å². The van der Waals surface area contributed by atoms with E-state index in [4.69, 9.17) is 16.3 Å². The van der Waals surface area contributed by atoms with E-state index >= 15 is 0 Å². The number of hydrogen-bond donors (Lipinski definition) is 1. The highest BCUT2D eigenvalue weighted by molar-refractivity contribution is 9.10. The molecule has 1 aliphatic heterocycles. The molecule has 34 heavy (non-hydrogen) atoms. The van der Waals surface area contributed by atoms with Crippen molar-refractivity contribution in [2.45, 2.75) is 23.4 Å². The Labute approximate surface area is 211 Å².